The Bertz CT molecular complexity index is 298. The van der Waals surface area contributed by atoms with Gasteiger partial charge in [-0.25, -0.2) is 0 Å². The molecule has 0 radical (unpaired) electrons. The molecule has 2 aliphatic rings. The highest BCUT2D eigenvalue weighted by Gasteiger charge is 2.30. The van der Waals surface area contributed by atoms with E-state index < -0.39 is 0 Å². The number of ether oxygens (including phenoxy) is 1. The Morgan fingerprint density at radius 2 is 1.89 bits per heavy atom. The zero-order valence-electron chi connectivity index (χ0n) is 12.1. The first kappa shape index (κ1) is 14.8. The van der Waals surface area contributed by atoms with Gasteiger partial charge in [-0.15, -0.1) is 0 Å². The zero-order chi connectivity index (χ0) is 13.8. The Kier molecular flexibility index (Phi) is 5.22. The fourth-order valence-corrected chi connectivity index (χ4v) is 3.46. The van der Waals surface area contributed by atoms with Gasteiger partial charge in [0.25, 0.3) is 0 Å². The van der Waals surface area contributed by atoms with Crippen LogP contribution < -0.4 is 5.32 Å². The van der Waals surface area contributed by atoms with E-state index in [1.165, 1.54) is 0 Å². The third-order valence-electron chi connectivity index (χ3n) is 4.39. The normalized spacial score (nSPS) is 39.8. The van der Waals surface area contributed by atoms with Gasteiger partial charge in [-0.1, -0.05) is 6.42 Å². The van der Waals surface area contributed by atoms with Crippen molar-refractivity contribution >= 4 is 5.91 Å². The molecule has 0 spiro atoms. The minimum atomic E-state index is -0.168. The monoisotopic (exact) mass is 269 g/mol. The molecular weight excluding hydrogens is 242 g/mol. The highest BCUT2D eigenvalue weighted by Crippen LogP contribution is 2.26. The molecule has 1 aliphatic heterocycles. The molecule has 2 fully saturated rings. The Balaban J connectivity index is 1.74. The van der Waals surface area contributed by atoms with Crippen molar-refractivity contribution in [2.75, 3.05) is 6.54 Å². The second-order valence-corrected chi connectivity index (χ2v) is 6.36. The van der Waals surface area contributed by atoms with Crippen LogP contribution in [0.15, 0.2) is 0 Å². The SMILES string of the molecule is CC1CC(C(=O)NCC2CCCC(O)C2)CC(C)O1. The maximum absolute atomic E-state index is 12.2. The van der Waals surface area contributed by atoms with E-state index in [2.05, 4.69) is 5.32 Å². The molecule has 0 aromatic heterocycles. The van der Waals surface area contributed by atoms with Crippen molar-refractivity contribution in [2.24, 2.45) is 11.8 Å². The van der Waals surface area contributed by atoms with E-state index in [9.17, 15) is 9.90 Å². The molecule has 110 valence electrons. The van der Waals surface area contributed by atoms with Gasteiger partial charge in [-0.2, -0.15) is 0 Å². The number of carbonyl (C=O) groups is 1. The summed E-state index contributed by atoms with van der Waals surface area (Å²) in [6.07, 6.45) is 5.78. The van der Waals surface area contributed by atoms with Crippen LogP contribution in [0, 0.1) is 11.8 Å². The minimum absolute atomic E-state index is 0.0901. The summed E-state index contributed by atoms with van der Waals surface area (Å²) in [5.41, 5.74) is 0. The largest absolute Gasteiger partial charge is 0.393 e. The molecular formula is C15H27NO3. The summed E-state index contributed by atoms with van der Waals surface area (Å²) in [5.74, 6) is 0.705. The van der Waals surface area contributed by atoms with Gasteiger partial charge in [0.2, 0.25) is 5.91 Å². The Labute approximate surface area is 115 Å². The van der Waals surface area contributed by atoms with E-state index in [4.69, 9.17) is 4.74 Å². The van der Waals surface area contributed by atoms with Crippen LogP contribution in [0.2, 0.25) is 0 Å². The molecule has 19 heavy (non-hydrogen) atoms. The first-order chi connectivity index (χ1) is 9.04. The molecule has 4 nitrogen and oxygen atoms in total. The average Bonchev–Trinajstić information content (AvgIpc) is 2.35. The van der Waals surface area contributed by atoms with Crippen LogP contribution in [0.4, 0.5) is 0 Å². The quantitative estimate of drug-likeness (QED) is 0.822. The van der Waals surface area contributed by atoms with E-state index in [1.807, 2.05) is 13.8 Å². The minimum Gasteiger partial charge on any atom is -0.393 e. The molecule has 0 aromatic rings. The molecule has 4 atom stereocenters. The molecule has 1 saturated heterocycles. The van der Waals surface area contributed by atoms with Crippen LogP contribution in [-0.2, 0) is 9.53 Å². The van der Waals surface area contributed by atoms with Crippen LogP contribution >= 0.6 is 0 Å². The third kappa shape index (κ3) is 4.46. The van der Waals surface area contributed by atoms with E-state index >= 15 is 0 Å². The van der Waals surface area contributed by atoms with Gasteiger partial charge in [0.1, 0.15) is 0 Å². The number of rotatable bonds is 3. The smallest absolute Gasteiger partial charge is 0.223 e. The highest BCUT2D eigenvalue weighted by atomic mass is 16.5. The van der Waals surface area contributed by atoms with Gasteiger partial charge >= 0.3 is 0 Å². The number of aliphatic hydroxyl groups is 1. The number of amides is 1. The van der Waals surface area contributed by atoms with Gasteiger partial charge in [-0.05, 0) is 51.9 Å². The second-order valence-electron chi connectivity index (χ2n) is 6.36. The second kappa shape index (κ2) is 6.71. The highest BCUT2D eigenvalue weighted by molar-refractivity contribution is 5.78. The molecule has 1 heterocycles. The predicted octanol–water partition coefficient (Wildman–Crippen LogP) is 1.86. The fourth-order valence-electron chi connectivity index (χ4n) is 3.46. The van der Waals surface area contributed by atoms with Crippen molar-refractivity contribution in [3.63, 3.8) is 0 Å². The lowest BCUT2D eigenvalue weighted by Crippen LogP contribution is -2.41. The van der Waals surface area contributed by atoms with Gasteiger partial charge < -0.3 is 15.2 Å². The topological polar surface area (TPSA) is 58.6 Å². The lowest BCUT2D eigenvalue weighted by molar-refractivity contribution is -0.133. The zero-order valence-corrected chi connectivity index (χ0v) is 12.1. The molecule has 4 unspecified atom stereocenters. The van der Waals surface area contributed by atoms with Crippen molar-refractivity contribution in [3.8, 4) is 0 Å². The fraction of sp³-hybridized carbons (Fsp3) is 0.933. The van der Waals surface area contributed by atoms with Crippen molar-refractivity contribution in [3.05, 3.63) is 0 Å². The number of carbonyl (C=O) groups excluding carboxylic acids is 1. The molecule has 4 heteroatoms. The maximum Gasteiger partial charge on any atom is 0.223 e. The van der Waals surface area contributed by atoms with Crippen LogP contribution in [-0.4, -0.2) is 35.9 Å². The van der Waals surface area contributed by atoms with Gasteiger partial charge in [-0.3, -0.25) is 4.79 Å². The number of nitrogens with one attached hydrogen (secondary N) is 1. The first-order valence-electron chi connectivity index (χ1n) is 7.65. The molecule has 2 rings (SSSR count). The summed E-state index contributed by atoms with van der Waals surface area (Å²) in [6.45, 7) is 4.79. The van der Waals surface area contributed by atoms with Crippen LogP contribution in [0.25, 0.3) is 0 Å². The summed E-state index contributed by atoms with van der Waals surface area (Å²) in [4.78, 5) is 12.2. The van der Waals surface area contributed by atoms with Crippen LogP contribution in [0.3, 0.4) is 0 Å². The lowest BCUT2D eigenvalue weighted by atomic mass is 9.87. The van der Waals surface area contributed by atoms with Crippen LogP contribution in [0.5, 0.6) is 0 Å². The standard InChI is InChI=1S/C15H27NO3/c1-10-6-13(7-11(2)19-10)15(18)16-9-12-4-3-5-14(17)8-12/h10-14,17H,3-9H2,1-2H3,(H,16,18). The molecule has 1 amide bonds. The molecule has 1 saturated carbocycles. The molecule has 1 aliphatic carbocycles. The number of aliphatic hydroxyl groups excluding tert-OH is 1. The van der Waals surface area contributed by atoms with Crippen LogP contribution in [0.1, 0.15) is 52.4 Å². The maximum atomic E-state index is 12.2. The Morgan fingerprint density at radius 1 is 1.21 bits per heavy atom. The Hall–Kier alpha value is -0.610. The predicted molar refractivity (Wildman–Crippen MR) is 73.7 cm³/mol. The van der Waals surface area contributed by atoms with E-state index in [1.54, 1.807) is 0 Å². The third-order valence-corrected chi connectivity index (χ3v) is 4.39. The first-order valence-corrected chi connectivity index (χ1v) is 7.65. The summed E-state index contributed by atoms with van der Waals surface area (Å²) in [5, 5.41) is 12.7. The van der Waals surface area contributed by atoms with Gasteiger partial charge in [0.05, 0.1) is 18.3 Å². The Morgan fingerprint density at radius 3 is 2.53 bits per heavy atom. The molecule has 0 bridgehead atoms. The van der Waals surface area contributed by atoms with Crippen molar-refractivity contribution in [1.82, 2.24) is 5.32 Å². The number of hydrogen-bond acceptors (Lipinski definition) is 3. The van der Waals surface area contributed by atoms with E-state index in [0.717, 1.165) is 45.1 Å². The lowest BCUT2D eigenvalue weighted by Gasteiger charge is -2.32. The summed E-state index contributed by atoms with van der Waals surface area (Å²) in [7, 11) is 0. The van der Waals surface area contributed by atoms with E-state index in [0.29, 0.717) is 5.92 Å². The van der Waals surface area contributed by atoms with Gasteiger partial charge in [0, 0.05) is 12.5 Å². The summed E-state index contributed by atoms with van der Waals surface area (Å²) < 4.78 is 5.66. The van der Waals surface area contributed by atoms with E-state index in [-0.39, 0.29) is 30.1 Å². The van der Waals surface area contributed by atoms with Crippen molar-refractivity contribution in [2.45, 2.75) is 70.7 Å². The van der Waals surface area contributed by atoms with Crippen molar-refractivity contribution in [1.29, 1.82) is 0 Å². The van der Waals surface area contributed by atoms with Gasteiger partial charge in [0.15, 0.2) is 0 Å². The van der Waals surface area contributed by atoms with Crippen molar-refractivity contribution < 1.29 is 14.6 Å². The molecule has 2 N–H and O–H groups in total. The average molecular weight is 269 g/mol. The number of hydrogen-bond donors (Lipinski definition) is 2. The summed E-state index contributed by atoms with van der Waals surface area (Å²) in [6, 6.07) is 0. The molecule has 0 aromatic carbocycles. The summed E-state index contributed by atoms with van der Waals surface area (Å²) >= 11 is 0.